The summed E-state index contributed by atoms with van der Waals surface area (Å²) in [6.45, 7) is 0.218. The third kappa shape index (κ3) is 3.25. The lowest BCUT2D eigenvalue weighted by Gasteiger charge is -2.32. The number of likely N-dealkylation sites (tertiary alicyclic amines) is 1. The van der Waals surface area contributed by atoms with Crippen molar-refractivity contribution in [3.8, 4) is 0 Å². The van der Waals surface area contributed by atoms with Crippen LogP contribution in [0.2, 0.25) is 0 Å². The van der Waals surface area contributed by atoms with Gasteiger partial charge in [-0.2, -0.15) is 0 Å². The van der Waals surface area contributed by atoms with Gasteiger partial charge in [-0.15, -0.1) is 11.6 Å². The van der Waals surface area contributed by atoms with Crippen LogP contribution in [0.25, 0.3) is 0 Å². The van der Waals surface area contributed by atoms with Crippen molar-refractivity contribution < 1.29 is 23.5 Å². The number of primary amides is 1. The van der Waals surface area contributed by atoms with Gasteiger partial charge in [0.2, 0.25) is 17.6 Å². The van der Waals surface area contributed by atoms with Crippen LogP contribution in [0.3, 0.4) is 0 Å². The van der Waals surface area contributed by atoms with Gasteiger partial charge in [-0.05, 0) is 18.8 Å². The molecule has 3 aliphatic rings. The third-order valence-electron chi connectivity index (χ3n) is 5.83. The molecule has 2 saturated heterocycles. The lowest BCUT2D eigenvalue weighted by atomic mass is 9.79. The number of rotatable bonds is 4. The number of aromatic nitrogens is 1. The molecule has 9 heteroatoms. The molecule has 1 saturated carbocycles. The molecule has 2 amide bonds. The van der Waals surface area contributed by atoms with Gasteiger partial charge in [-0.25, -0.2) is 4.98 Å². The molecule has 0 radical (unpaired) electrons. The van der Waals surface area contributed by atoms with E-state index < -0.39 is 29.3 Å². The lowest BCUT2D eigenvalue weighted by molar-refractivity contribution is -0.139. The highest BCUT2D eigenvalue weighted by molar-refractivity contribution is 6.22. The van der Waals surface area contributed by atoms with Crippen LogP contribution in [0.1, 0.15) is 54.5 Å². The van der Waals surface area contributed by atoms with Crippen LogP contribution in [0.4, 0.5) is 0 Å². The Hall–Kier alpha value is -1.93. The van der Waals surface area contributed by atoms with Gasteiger partial charge in [0.1, 0.15) is 24.7 Å². The van der Waals surface area contributed by atoms with E-state index in [4.69, 9.17) is 26.5 Å². The molecule has 1 aliphatic carbocycles. The topological polar surface area (TPSA) is 116 Å². The summed E-state index contributed by atoms with van der Waals surface area (Å²) in [4.78, 5) is 42.8. The number of halogens is 1. The molecule has 0 aromatic carbocycles. The van der Waals surface area contributed by atoms with Gasteiger partial charge in [0, 0.05) is 6.54 Å². The first-order chi connectivity index (χ1) is 13.0. The first kappa shape index (κ1) is 18.4. The van der Waals surface area contributed by atoms with Gasteiger partial charge in [-0.3, -0.25) is 14.4 Å². The Bertz CT molecular complexity index is 760. The van der Waals surface area contributed by atoms with Crippen LogP contribution in [0, 0.1) is 5.92 Å². The number of carbonyl (C=O) groups is 3. The summed E-state index contributed by atoms with van der Waals surface area (Å²) in [5.41, 5.74) is 5.26. The number of ketones is 1. The van der Waals surface area contributed by atoms with E-state index in [-0.39, 0.29) is 42.4 Å². The molecule has 4 atom stereocenters. The van der Waals surface area contributed by atoms with Crippen LogP contribution in [0.5, 0.6) is 0 Å². The quantitative estimate of drug-likeness (QED) is 0.766. The van der Waals surface area contributed by atoms with Crippen molar-refractivity contribution in [2.45, 2.75) is 55.5 Å². The second kappa shape index (κ2) is 7.24. The van der Waals surface area contributed by atoms with Crippen molar-refractivity contribution in [2.24, 2.45) is 11.7 Å². The fourth-order valence-electron chi connectivity index (χ4n) is 4.52. The number of nitrogens with two attached hydrogens (primary N) is 1. The summed E-state index contributed by atoms with van der Waals surface area (Å²) in [6, 6.07) is -0.656. The van der Waals surface area contributed by atoms with E-state index >= 15 is 0 Å². The standard InChI is InChI=1S/C18H22ClN3O5/c19-10-7-22(14-11(23)8-26-15(10)14)18(25)13(9-4-2-1-3-5-9)17-21-6-12(27-17)16(20)24/h6,9-10,13-15H,1-5,7-8H2,(H2,20,24)/t10-,13-,14+,15+/m0/s1. The van der Waals surface area contributed by atoms with Crippen molar-refractivity contribution in [1.82, 2.24) is 9.88 Å². The van der Waals surface area contributed by atoms with Crippen LogP contribution in [-0.2, 0) is 14.3 Å². The molecular formula is C18H22ClN3O5. The second-order valence-corrected chi connectivity index (χ2v) is 8.06. The van der Waals surface area contributed by atoms with Crippen molar-refractivity contribution in [3.63, 3.8) is 0 Å². The number of carbonyl (C=O) groups excluding carboxylic acids is 3. The van der Waals surface area contributed by atoms with Crippen molar-refractivity contribution in [3.05, 3.63) is 17.8 Å². The maximum Gasteiger partial charge on any atom is 0.286 e. The number of hydrogen-bond donors (Lipinski definition) is 1. The molecule has 0 spiro atoms. The van der Waals surface area contributed by atoms with Gasteiger partial charge in [-0.1, -0.05) is 19.3 Å². The number of nitrogens with zero attached hydrogens (tertiary/aromatic N) is 2. The van der Waals surface area contributed by atoms with Crippen molar-refractivity contribution >= 4 is 29.2 Å². The zero-order valence-electron chi connectivity index (χ0n) is 14.8. The Morgan fingerprint density at radius 3 is 2.70 bits per heavy atom. The van der Waals surface area contributed by atoms with Crippen LogP contribution in [-0.4, -0.2) is 58.2 Å². The summed E-state index contributed by atoms with van der Waals surface area (Å²) in [5.74, 6) is -1.62. The highest BCUT2D eigenvalue weighted by atomic mass is 35.5. The van der Waals surface area contributed by atoms with Gasteiger partial charge in [0.25, 0.3) is 5.91 Å². The number of Topliss-reactive ketones (excluding diaryl/α,β-unsaturated/α-hetero) is 1. The minimum absolute atomic E-state index is 0.0265. The van der Waals surface area contributed by atoms with Gasteiger partial charge >= 0.3 is 0 Å². The maximum absolute atomic E-state index is 13.5. The molecule has 3 fully saturated rings. The van der Waals surface area contributed by atoms with Gasteiger partial charge in [0.05, 0.1) is 11.6 Å². The fourth-order valence-corrected chi connectivity index (χ4v) is 4.88. The Labute approximate surface area is 161 Å². The number of alkyl halides is 1. The first-order valence-electron chi connectivity index (χ1n) is 9.31. The van der Waals surface area contributed by atoms with Crippen LogP contribution < -0.4 is 5.73 Å². The maximum atomic E-state index is 13.5. The predicted molar refractivity (Wildman–Crippen MR) is 94.2 cm³/mol. The molecule has 146 valence electrons. The van der Waals surface area contributed by atoms with Crippen LogP contribution >= 0.6 is 11.6 Å². The predicted octanol–water partition coefficient (Wildman–Crippen LogP) is 1.22. The van der Waals surface area contributed by atoms with E-state index in [2.05, 4.69) is 4.98 Å². The van der Waals surface area contributed by atoms with E-state index in [1.54, 1.807) is 0 Å². The summed E-state index contributed by atoms with van der Waals surface area (Å²) < 4.78 is 11.0. The summed E-state index contributed by atoms with van der Waals surface area (Å²) >= 11 is 6.33. The number of hydrogen-bond acceptors (Lipinski definition) is 6. The number of fused-ring (bicyclic) bond motifs is 1. The highest BCUT2D eigenvalue weighted by Gasteiger charge is 2.53. The number of amides is 2. The minimum Gasteiger partial charge on any atom is -0.435 e. The fraction of sp³-hybridized carbons (Fsp3) is 0.667. The first-order valence-corrected chi connectivity index (χ1v) is 9.75. The summed E-state index contributed by atoms with van der Waals surface area (Å²) in [5, 5.41) is -0.428. The van der Waals surface area contributed by atoms with E-state index in [0.29, 0.717) is 0 Å². The molecule has 0 unspecified atom stereocenters. The van der Waals surface area contributed by atoms with Crippen molar-refractivity contribution in [2.75, 3.05) is 13.2 Å². The van der Waals surface area contributed by atoms with E-state index in [9.17, 15) is 14.4 Å². The Kier molecular flexibility index (Phi) is 4.94. The van der Waals surface area contributed by atoms with E-state index in [1.165, 1.54) is 11.1 Å². The average Bonchev–Trinajstić information content (AvgIpc) is 3.35. The minimum atomic E-state index is -0.731. The molecule has 1 aromatic heterocycles. The number of oxazole rings is 1. The summed E-state index contributed by atoms with van der Waals surface area (Å²) in [7, 11) is 0. The van der Waals surface area contributed by atoms with E-state index in [1.807, 2.05) is 0 Å². The average molecular weight is 396 g/mol. The van der Waals surface area contributed by atoms with Crippen molar-refractivity contribution in [1.29, 1.82) is 0 Å². The van der Waals surface area contributed by atoms with Crippen LogP contribution in [0.15, 0.2) is 10.6 Å². The van der Waals surface area contributed by atoms with Gasteiger partial charge < -0.3 is 19.8 Å². The molecule has 2 aliphatic heterocycles. The zero-order chi connectivity index (χ0) is 19.1. The molecule has 3 heterocycles. The molecule has 8 nitrogen and oxygen atoms in total. The normalized spacial score (nSPS) is 29.7. The molecule has 27 heavy (non-hydrogen) atoms. The number of ether oxygens (including phenoxy) is 1. The molecule has 1 aromatic rings. The highest BCUT2D eigenvalue weighted by Crippen LogP contribution is 2.40. The SMILES string of the molecule is NC(=O)c1cnc([C@@H](C(=O)N2C[C@H](Cl)[C@H]3OCC(=O)[C@H]32)C2CCCCC2)o1. The third-order valence-corrected chi connectivity index (χ3v) is 6.21. The lowest BCUT2D eigenvalue weighted by Crippen LogP contribution is -2.45. The van der Waals surface area contributed by atoms with Gasteiger partial charge in [0.15, 0.2) is 5.78 Å². The Morgan fingerprint density at radius 2 is 2.04 bits per heavy atom. The smallest absolute Gasteiger partial charge is 0.286 e. The monoisotopic (exact) mass is 395 g/mol. The molecule has 4 rings (SSSR count). The summed E-state index contributed by atoms with van der Waals surface area (Å²) in [6.07, 6.45) is 5.67. The second-order valence-electron chi connectivity index (χ2n) is 7.50. The largest absolute Gasteiger partial charge is 0.435 e. The molecule has 0 bridgehead atoms. The molecule has 2 N–H and O–H groups in total. The molecular weight excluding hydrogens is 374 g/mol. The Morgan fingerprint density at radius 1 is 1.30 bits per heavy atom. The van der Waals surface area contributed by atoms with E-state index in [0.717, 1.165) is 32.1 Å². The zero-order valence-corrected chi connectivity index (χ0v) is 15.6. The Balaban J connectivity index is 1.66.